The zero-order chi connectivity index (χ0) is 15.1. The summed E-state index contributed by atoms with van der Waals surface area (Å²) in [6.07, 6.45) is 2.46. The van der Waals surface area contributed by atoms with Crippen molar-refractivity contribution in [2.24, 2.45) is 11.3 Å². The van der Waals surface area contributed by atoms with Crippen molar-refractivity contribution in [2.75, 3.05) is 19.6 Å². The molecule has 0 aliphatic carbocycles. The summed E-state index contributed by atoms with van der Waals surface area (Å²) in [5, 5.41) is 3.73. The molecule has 0 heterocycles. The lowest BCUT2D eigenvalue weighted by molar-refractivity contribution is 0.164. The van der Waals surface area contributed by atoms with Gasteiger partial charge < -0.3 is 10.2 Å². The van der Waals surface area contributed by atoms with Crippen LogP contribution in [-0.4, -0.2) is 36.6 Å². The fourth-order valence-corrected chi connectivity index (χ4v) is 2.48. The monoisotopic (exact) mass is 270 g/mol. The lowest BCUT2D eigenvalue weighted by Crippen LogP contribution is -2.44. The smallest absolute Gasteiger partial charge is 0.0128 e. The van der Waals surface area contributed by atoms with Crippen LogP contribution in [0.15, 0.2) is 0 Å². The van der Waals surface area contributed by atoms with E-state index in [1.54, 1.807) is 0 Å². The first-order chi connectivity index (χ1) is 8.68. The highest BCUT2D eigenvalue weighted by molar-refractivity contribution is 4.82. The third-order valence-electron chi connectivity index (χ3n) is 3.72. The van der Waals surface area contributed by atoms with E-state index in [0.717, 1.165) is 12.5 Å². The van der Waals surface area contributed by atoms with E-state index in [4.69, 9.17) is 0 Å². The van der Waals surface area contributed by atoms with E-state index in [-0.39, 0.29) is 0 Å². The van der Waals surface area contributed by atoms with Crippen LogP contribution < -0.4 is 5.32 Å². The van der Waals surface area contributed by atoms with E-state index in [1.165, 1.54) is 25.9 Å². The highest BCUT2D eigenvalue weighted by atomic mass is 15.1. The number of nitrogens with one attached hydrogen (secondary N) is 1. The zero-order valence-corrected chi connectivity index (χ0v) is 14.7. The molecule has 1 unspecified atom stereocenters. The summed E-state index contributed by atoms with van der Waals surface area (Å²) in [5.74, 6) is 0.749. The minimum atomic E-state index is 0.343. The first-order valence-corrected chi connectivity index (χ1v) is 8.15. The van der Waals surface area contributed by atoms with Crippen molar-refractivity contribution >= 4 is 0 Å². The fraction of sp³-hybridized carbons (Fsp3) is 1.00. The van der Waals surface area contributed by atoms with Crippen LogP contribution >= 0.6 is 0 Å². The van der Waals surface area contributed by atoms with Crippen molar-refractivity contribution in [1.29, 1.82) is 0 Å². The summed E-state index contributed by atoms with van der Waals surface area (Å²) in [4.78, 5) is 2.62. The molecule has 0 saturated carbocycles. The van der Waals surface area contributed by atoms with Gasteiger partial charge in [-0.05, 0) is 51.1 Å². The third kappa shape index (κ3) is 8.65. The molecule has 0 fully saturated rings. The predicted molar refractivity (Wildman–Crippen MR) is 87.7 cm³/mol. The van der Waals surface area contributed by atoms with Crippen molar-refractivity contribution in [3.63, 3.8) is 0 Å². The minimum Gasteiger partial charge on any atom is -0.313 e. The first-order valence-electron chi connectivity index (χ1n) is 8.15. The number of nitrogens with zero attached hydrogens (tertiary/aromatic N) is 1. The Bertz CT molecular complexity index is 216. The van der Waals surface area contributed by atoms with Gasteiger partial charge in [0.2, 0.25) is 0 Å². The Morgan fingerprint density at radius 3 is 2.00 bits per heavy atom. The van der Waals surface area contributed by atoms with Gasteiger partial charge in [0, 0.05) is 18.6 Å². The highest BCUT2D eigenvalue weighted by Gasteiger charge is 2.24. The normalized spacial score (nSPS) is 14.7. The molecule has 0 radical (unpaired) electrons. The molecule has 116 valence electrons. The largest absolute Gasteiger partial charge is 0.313 e. The second-order valence-electron chi connectivity index (χ2n) is 7.64. The standard InChI is InChI=1S/C17H38N2/c1-9-11-18-16(17(6,7)8)10-12-19(15(4)5)13-14(2)3/h14-16,18H,9-13H2,1-8H3. The Kier molecular flexibility index (Phi) is 8.93. The quantitative estimate of drug-likeness (QED) is 0.677. The number of hydrogen-bond acceptors (Lipinski definition) is 2. The van der Waals surface area contributed by atoms with Gasteiger partial charge in [-0.3, -0.25) is 0 Å². The maximum atomic E-state index is 3.73. The summed E-state index contributed by atoms with van der Waals surface area (Å²) in [6.45, 7) is 22.1. The molecule has 0 saturated heterocycles. The molecule has 0 amide bonds. The van der Waals surface area contributed by atoms with Crippen LogP contribution in [-0.2, 0) is 0 Å². The van der Waals surface area contributed by atoms with Gasteiger partial charge in [0.05, 0.1) is 0 Å². The lowest BCUT2D eigenvalue weighted by atomic mass is 9.84. The Hall–Kier alpha value is -0.0800. The highest BCUT2D eigenvalue weighted by Crippen LogP contribution is 2.22. The minimum absolute atomic E-state index is 0.343. The van der Waals surface area contributed by atoms with Gasteiger partial charge in [0.1, 0.15) is 0 Å². The van der Waals surface area contributed by atoms with Gasteiger partial charge in [-0.1, -0.05) is 41.5 Å². The van der Waals surface area contributed by atoms with Crippen LogP contribution in [0.5, 0.6) is 0 Å². The van der Waals surface area contributed by atoms with E-state index in [0.29, 0.717) is 17.5 Å². The van der Waals surface area contributed by atoms with Crippen molar-refractivity contribution in [2.45, 2.75) is 80.3 Å². The first kappa shape index (κ1) is 18.9. The predicted octanol–water partition coefficient (Wildman–Crippen LogP) is 4.16. The second kappa shape index (κ2) is 8.97. The molecule has 0 aliphatic rings. The van der Waals surface area contributed by atoms with Crippen molar-refractivity contribution in [1.82, 2.24) is 10.2 Å². The molecule has 0 spiro atoms. The maximum Gasteiger partial charge on any atom is 0.0128 e. The Labute approximate surface area is 122 Å². The van der Waals surface area contributed by atoms with Crippen LogP contribution in [0.1, 0.15) is 68.2 Å². The summed E-state index contributed by atoms with van der Waals surface area (Å²) >= 11 is 0. The Morgan fingerprint density at radius 1 is 1.05 bits per heavy atom. The molecule has 0 aliphatic heterocycles. The van der Waals surface area contributed by atoms with Crippen LogP contribution in [0.4, 0.5) is 0 Å². The number of hydrogen-bond donors (Lipinski definition) is 1. The molecule has 1 atom stereocenters. The van der Waals surface area contributed by atoms with Gasteiger partial charge >= 0.3 is 0 Å². The van der Waals surface area contributed by atoms with Crippen LogP contribution in [0.2, 0.25) is 0 Å². The number of rotatable bonds is 9. The fourth-order valence-electron chi connectivity index (χ4n) is 2.48. The van der Waals surface area contributed by atoms with E-state index in [2.05, 4.69) is 65.6 Å². The third-order valence-corrected chi connectivity index (χ3v) is 3.72. The van der Waals surface area contributed by atoms with Crippen LogP contribution in [0.3, 0.4) is 0 Å². The van der Waals surface area contributed by atoms with Gasteiger partial charge in [-0.25, -0.2) is 0 Å². The van der Waals surface area contributed by atoms with Gasteiger partial charge in [-0.2, -0.15) is 0 Å². The maximum absolute atomic E-state index is 3.73. The molecule has 1 N–H and O–H groups in total. The van der Waals surface area contributed by atoms with Crippen molar-refractivity contribution in [3.8, 4) is 0 Å². The molecule has 2 nitrogen and oxygen atoms in total. The van der Waals surface area contributed by atoms with E-state index >= 15 is 0 Å². The Morgan fingerprint density at radius 2 is 1.63 bits per heavy atom. The molecule has 0 aromatic carbocycles. The summed E-state index contributed by atoms with van der Waals surface area (Å²) in [7, 11) is 0. The van der Waals surface area contributed by atoms with E-state index in [1.807, 2.05) is 0 Å². The molecular weight excluding hydrogens is 232 g/mol. The molecular formula is C17H38N2. The molecule has 2 heteroatoms. The molecule has 0 aromatic heterocycles. The Balaban J connectivity index is 4.41. The van der Waals surface area contributed by atoms with Gasteiger partial charge in [0.15, 0.2) is 0 Å². The van der Waals surface area contributed by atoms with E-state index in [9.17, 15) is 0 Å². The molecule has 0 bridgehead atoms. The van der Waals surface area contributed by atoms with Crippen molar-refractivity contribution < 1.29 is 0 Å². The average molecular weight is 271 g/mol. The summed E-state index contributed by atoms with van der Waals surface area (Å²) in [6, 6.07) is 1.26. The van der Waals surface area contributed by atoms with Crippen molar-refractivity contribution in [3.05, 3.63) is 0 Å². The average Bonchev–Trinajstić information content (AvgIpc) is 2.24. The molecule has 19 heavy (non-hydrogen) atoms. The van der Waals surface area contributed by atoms with Gasteiger partial charge in [-0.15, -0.1) is 0 Å². The van der Waals surface area contributed by atoms with Crippen LogP contribution in [0, 0.1) is 11.3 Å². The summed E-state index contributed by atoms with van der Waals surface area (Å²) in [5.41, 5.74) is 0.343. The lowest BCUT2D eigenvalue weighted by Gasteiger charge is -2.35. The zero-order valence-electron chi connectivity index (χ0n) is 14.7. The van der Waals surface area contributed by atoms with Gasteiger partial charge in [0.25, 0.3) is 0 Å². The second-order valence-corrected chi connectivity index (χ2v) is 7.64. The SMILES string of the molecule is CCCNC(CCN(CC(C)C)C(C)C)C(C)(C)C. The topological polar surface area (TPSA) is 15.3 Å². The molecule has 0 rings (SSSR count). The summed E-state index contributed by atoms with van der Waals surface area (Å²) < 4.78 is 0. The van der Waals surface area contributed by atoms with E-state index < -0.39 is 0 Å². The van der Waals surface area contributed by atoms with Crippen LogP contribution in [0.25, 0.3) is 0 Å². The molecule has 0 aromatic rings.